The lowest BCUT2D eigenvalue weighted by Gasteiger charge is -2.14. The van der Waals surface area contributed by atoms with Crippen molar-refractivity contribution >= 4 is 60.2 Å². The third-order valence-corrected chi connectivity index (χ3v) is 10.1. The number of para-hydroxylation sites is 3. The van der Waals surface area contributed by atoms with Gasteiger partial charge in [0.1, 0.15) is 5.65 Å². The Morgan fingerprint density at radius 2 is 0.863 bits per heavy atom. The normalized spacial score (nSPS) is 11.9. The zero-order chi connectivity index (χ0) is 33.5. The Bertz CT molecular complexity index is 3060. The molecule has 0 aliphatic rings. The molecule has 11 aromatic rings. The second kappa shape index (κ2) is 10.7. The summed E-state index contributed by atoms with van der Waals surface area (Å²) < 4.78 is 6.88. The van der Waals surface area contributed by atoms with Gasteiger partial charge in [0.15, 0.2) is 11.6 Å². The zero-order valence-electron chi connectivity index (χ0n) is 27.3. The van der Waals surface area contributed by atoms with E-state index in [1.54, 1.807) is 0 Å². The number of rotatable bonds is 4. The van der Waals surface area contributed by atoms with Gasteiger partial charge in [0.25, 0.3) is 0 Å². The maximum Gasteiger partial charge on any atom is 0.168 e. The number of pyridine rings is 1. The zero-order valence-corrected chi connectivity index (χ0v) is 27.3. The van der Waals surface area contributed by atoms with Crippen molar-refractivity contribution in [3.63, 3.8) is 0 Å². The molecule has 238 valence electrons. The van der Waals surface area contributed by atoms with Gasteiger partial charge < -0.3 is 4.57 Å². The molecule has 51 heavy (non-hydrogen) atoms. The Labute approximate surface area is 292 Å². The molecule has 0 saturated heterocycles. The topological polar surface area (TPSA) is 52.9 Å². The van der Waals surface area contributed by atoms with Crippen LogP contribution < -0.4 is 0 Å². The van der Waals surface area contributed by atoms with Gasteiger partial charge in [0, 0.05) is 44.0 Å². The molecule has 4 heterocycles. The number of hydrogen-bond acceptors (Lipinski definition) is 3. The maximum absolute atomic E-state index is 5.12. The van der Waals surface area contributed by atoms with E-state index >= 15 is 0 Å². The fourth-order valence-electron chi connectivity index (χ4n) is 7.96. The smallest absolute Gasteiger partial charge is 0.168 e. The molecular weight excluding hydrogens is 625 g/mol. The van der Waals surface area contributed by atoms with Gasteiger partial charge in [-0.25, -0.2) is 4.98 Å². The predicted molar refractivity (Wildman–Crippen MR) is 208 cm³/mol. The minimum atomic E-state index is 0.802. The van der Waals surface area contributed by atoms with Crippen LogP contribution >= 0.6 is 0 Å². The van der Waals surface area contributed by atoms with Crippen LogP contribution in [0.3, 0.4) is 0 Å². The fraction of sp³-hybridized carbons (Fsp3) is 0. The van der Waals surface area contributed by atoms with Crippen molar-refractivity contribution in [3.8, 4) is 34.2 Å². The van der Waals surface area contributed by atoms with E-state index in [-0.39, 0.29) is 0 Å². The molecule has 0 radical (unpaired) electrons. The molecule has 0 amide bonds. The van der Waals surface area contributed by atoms with Gasteiger partial charge >= 0.3 is 0 Å². The molecule has 6 heteroatoms. The number of benzene rings is 7. The maximum atomic E-state index is 5.12. The fourth-order valence-corrected chi connectivity index (χ4v) is 7.96. The largest absolute Gasteiger partial charge is 0.309 e. The first-order valence-electron chi connectivity index (χ1n) is 17.1. The Balaban J connectivity index is 1.17. The molecule has 0 spiro atoms. The van der Waals surface area contributed by atoms with E-state index in [4.69, 9.17) is 4.98 Å². The Kier molecular flexibility index (Phi) is 5.86. The molecule has 0 saturated carbocycles. The van der Waals surface area contributed by atoms with Crippen LogP contribution in [0.5, 0.6) is 0 Å². The van der Waals surface area contributed by atoms with E-state index in [9.17, 15) is 0 Å². The number of fused-ring (bicyclic) bond motifs is 12. The van der Waals surface area contributed by atoms with Crippen molar-refractivity contribution in [2.75, 3.05) is 0 Å². The molecule has 0 unspecified atom stereocenters. The van der Waals surface area contributed by atoms with Crippen LogP contribution in [0.4, 0.5) is 0 Å². The first-order chi connectivity index (χ1) is 25.3. The number of imidazole rings is 1. The summed E-state index contributed by atoms with van der Waals surface area (Å²) in [5.74, 6) is 1.60. The molecular formula is C45H28N6. The summed E-state index contributed by atoms with van der Waals surface area (Å²) in [7, 11) is 0. The summed E-state index contributed by atoms with van der Waals surface area (Å²) >= 11 is 0. The molecule has 0 N–H and O–H groups in total. The molecule has 0 aliphatic heterocycles. The van der Waals surface area contributed by atoms with Gasteiger partial charge in [0.05, 0.1) is 27.6 Å². The van der Waals surface area contributed by atoms with Crippen molar-refractivity contribution in [2.24, 2.45) is 0 Å². The first-order valence-corrected chi connectivity index (χ1v) is 17.1. The van der Waals surface area contributed by atoms with Crippen LogP contribution in [0.15, 0.2) is 170 Å². The summed E-state index contributed by atoms with van der Waals surface area (Å²) in [5, 5.41) is 15.4. The molecule has 0 atom stereocenters. The van der Waals surface area contributed by atoms with Crippen LogP contribution in [0.1, 0.15) is 0 Å². The van der Waals surface area contributed by atoms with E-state index in [1.165, 1.54) is 21.5 Å². The summed E-state index contributed by atoms with van der Waals surface area (Å²) in [6.07, 6.45) is 0. The van der Waals surface area contributed by atoms with Crippen molar-refractivity contribution in [3.05, 3.63) is 170 Å². The highest BCUT2D eigenvalue weighted by Gasteiger charge is 2.21. The average molecular weight is 653 g/mol. The van der Waals surface area contributed by atoms with Crippen LogP contribution in [0.25, 0.3) is 94.3 Å². The lowest BCUT2D eigenvalue weighted by atomic mass is 10.0. The van der Waals surface area contributed by atoms with E-state index in [0.29, 0.717) is 0 Å². The third kappa shape index (κ3) is 4.01. The summed E-state index contributed by atoms with van der Waals surface area (Å²) in [6.45, 7) is 0. The third-order valence-electron chi connectivity index (χ3n) is 10.1. The number of nitrogens with zero attached hydrogens (tertiary/aromatic N) is 6. The summed E-state index contributed by atoms with van der Waals surface area (Å²) in [6, 6.07) is 59.7. The van der Waals surface area contributed by atoms with Crippen LogP contribution in [-0.4, -0.2) is 28.7 Å². The summed E-state index contributed by atoms with van der Waals surface area (Å²) in [5.41, 5.74) is 10.7. The van der Waals surface area contributed by atoms with E-state index in [2.05, 4.69) is 157 Å². The van der Waals surface area contributed by atoms with Crippen molar-refractivity contribution in [1.29, 1.82) is 0 Å². The van der Waals surface area contributed by atoms with Gasteiger partial charge in [0.2, 0.25) is 0 Å². The molecule has 6 nitrogen and oxygen atoms in total. The van der Waals surface area contributed by atoms with Crippen LogP contribution in [0, 0.1) is 0 Å². The van der Waals surface area contributed by atoms with E-state index in [1.807, 2.05) is 36.4 Å². The van der Waals surface area contributed by atoms with Crippen molar-refractivity contribution < 1.29 is 0 Å². The second-order valence-corrected chi connectivity index (χ2v) is 12.9. The minimum absolute atomic E-state index is 0.802. The van der Waals surface area contributed by atoms with Gasteiger partial charge in [-0.2, -0.15) is 0 Å². The van der Waals surface area contributed by atoms with Gasteiger partial charge in [-0.15, -0.1) is 10.2 Å². The average Bonchev–Trinajstić information content (AvgIpc) is 3.91. The summed E-state index contributed by atoms with van der Waals surface area (Å²) in [4.78, 5) is 5.12. The second-order valence-electron chi connectivity index (χ2n) is 12.9. The van der Waals surface area contributed by atoms with Gasteiger partial charge in [-0.1, -0.05) is 115 Å². The quantitative estimate of drug-likeness (QED) is 0.178. The van der Waals surface area contributed by atoms with Crippen LogP contribution in [-0.2, 0) is 0 Å². The highest BCUT2D eigenvalue weighted by atomic mass is 15.3. The molecule has 0 fully saturated rings. The molecule has 0 bridgehead atoms. The lowest BCUT2D eigenvalue weighted by Crippen LogP contribution is -2.01. The number of hydrogen-bond donors (Lipinski definition) is 0. The molecule has 7 aromatic carbocycles. The highest BCUT2D eigenvalue weighted by molar-refractivity contribution is 6.29. The monoisotopic (exact) mass is 652 g/mol. The Morgan fingerprint density at radius 3 is 1.55 bits per heavy atom. The molecule has 11 rings (SSSR count). The molecule has 4 aromatic heterocycles. The SMILES string of the molecule is c1ccc(-c2nnc(-c3ccccc3)n2-c2ccc(-n3c4ccccc4c4c5c6ccccc6c6nc7ccccc7n6c5ccc43)cc2)cc1. The Morgan fingerprint density at radius 1 is 0.353 bits per heavy atom. The van der Waals surface area contributed by atoms with Gasteiger partial charge in [-0.05, 0) is 60.0 Å². The van der Waals surface area contributed by atoms with E-state index < -0.39 is 0 Å². The van der Waals surface area contributed by atoms with Crippen molar-refractivity contribution in [1.82, 2.24) is 28.7 Å². The number of aromatic nitrogens is 6. The van der Waals surface area contributed by atoms with Gasteiger partial charge in [-0.3, -0.25) is 8.97 Å². The lowest BCUT2D eigenvalue weighted by molar-refractivity contribution is 1.07. The standard InChI is InChI=1S/C45H28N6/c1-3-13-29(14-4-1)43-47-48-44(30-15-5-2-6-16-30)50(43)32-25-23-31(24-26-32)49-37-21-11-9-19-35(37)42-39(49)27-28-40-41(42)33-17-7-8-18-34(33)45-46-36-20-10-12-22-38(36)51(40)45/h1-28H. The molecule has 0 aliphatic carbocycles. The predicted octanol–water partition coefficient (Wildman–Crippen LogP) is 10.8. The first kappa shape index (κ1) is 27.9. The minimum Gasteiger partial charge on any atom is -0.309 e. The van der Waals surface area contributed by atoms with E-state index in [0.717, 1.165) is 72.8 Å². The van der Waals surface area contributed by atoms with Crippen LogP contribution in [0.2, 0.25) is 0 Å². The van der Waals surface area contributed by atoms with Crippen molar-refractivity contribution in [2.45, 2.75) is 0 Å². The Hall–Kier alpha value is -7.05. The highest BCUT2D eigenvalue weighted by Crippen LogP contribution is 2.42.